The minimum atomic E-state index is -0.315. The van der Waals surface area contributed by atoms with E-state index in [2.05, 4.69) is 10.6 Å². The fourth-order valence-corrected chi connectivity index (χ4v) is 1.99. The third-order valence-corrected chi connectivity index (χ3v) is 3.21. The summed E-state index contributed by atoms with van der Waals surface area (Å²) < 4.78 is 0. The Balaban J connectivity index is 2.22. The summed E-state index contributed by atoms with van der Waals surface area (Å²) in [5.41, 5.74) is 0. The van der Waals surface area contributed by atoms with Crippen LogP contribution < -0.4 is 10.6 Å². The first kappa shape index (κ1) is 15.0. The topological polar surface area (TPSA) is 61.4 Å². The van der Waals surface area contributed by atoms with E-state index in [-0.39, 0.29) is 24.4 Å². The second-order valence-electron chi connectivity index (χ2n) is 4.84. The SMILES string of the molecule is CCCNC(=O)C(C)NCC(=O)N1CCCCC1. The molecule has 1 rings (SSSR count). The molecule has 1 aliphatic heterocycles. The fraction of sp³-hybridized carbons (Fsp3) is 0.846. The molecule has 1 aliphatic rings. The molecule has 5 nitrogen and oxygen atoms in total. The van der Waals surface area contributed by atoms with Gasteiger partial charge in [0.2, 0.25) is 11.8 Å². The Morgan fingerprint density at radius 2 is 1.89 bits per heavy atom. The number of piperidine rings is 1. The highest BCUT2D eigenvalue weighted by Gasteiger charge is 2.18. The molecular formula is C13H25N3O2. The number of amides is 2. The van der Waals surface area contributed by atoms with Crippen LogP contribution in [-0.2, 0) is 9.59 Å². The molecule has 1 heterocycles. The molecule has 0 aromatic carbocycles. The maximum Gasteiger partial charge on any atom is 0.236 e. The molecule has 0 bridgehead atoms. The molecule has 2 amide bonds. The Morgan fingerprint density at radius 1 is 1.22 bits per heavy atom. The van der Waals surface area contributed by atoms with Gasteiger partial charge in [0.25, 0.3) is 0 Å². The first-order valence-corrected chi connectivity index (χ1v) is 6.94. The fourth-order valence-electron chi connectivity index (χ4n) is 1.99. The molecule has 104 valence electrons. The Kier molecular flexibility index (Phi) is 6.72. The first-order chi connectivity index (χ1) is 8.65. The Morgan fingerprint density at radius 3 is 2.50 bits per heavy atom. The van der Waals surface area contributed by atoms with E-state index in [1.54, 1.807) is 6.92 Å². The van der Waals surface area contributed by atoms with Crippen LogP contribution in [0.1, 0.15) is 39.5 Å². The van der Waals surface area contributed by atoms with Crippen molar-refractivity contribution < 1.29 is 9.59 Å². The number of carbonyl (C=O) groups excluding carboxylic acids is 2. The molecule has 1 fully saturated rings. The zero-order chi connectivity index (χ0) is 13.4. The zero-order valence-corrected chi connectivity index (χ0v) is 11.5. The highest BCUT2D eigenvalue weighted by atomic mass is 16.2. The van der Waals surface area contributed by atoms with Crippen molar-refractivity contribution in [1.82, 2.24) is 15.5 Å². The monoisotopic (exact) mass is 255 g/mol. The average Bonchev–Trinajstić information content (AvgIpc) is 2.42. The van der Waals surface area contributed by atoms with Gasteiger partial charge in [0, 0.05) is 19.6 Å². The lowest BCUT2D eigenvalue weighted by Gasteiger charge is -2.27. The summed E-state index contributed by atoms with van der Waals surface area (Å²) in [5, 5.41) is 5.79. The van der Waals surface area contributed by atoms with Crippen molar-refractivity contribution in [2.24, 2.45) is 0 Å². The second kappa shape index (κ2) is 8.08. The Labute approximate surface area is 109 Å². The van der Waals surface area contributed by atoms with Crippen LogP contribution >= 0.6 is 0 Å². The maximum atomic E-state index is 11.9. The van der Waals surface area contributed by atoms with Gasteiger partial charge < -0.3 is 10.2 Å². The number of hydrogen-bond acceptors (Lipinski definition) is 3. The van der Waals surface area contributed by atoms with Crippen molar-refractivity contribution in [1.29, 1.82) is 0 Å². The molecular weight excluding hydrogens is 230 g/mol. The van der Waals surface area contributed by atoms with E-state index >= 15 is 0 Å². The van der Waals surface area contributed by atoms with Crippen molar-refractivity contribution in [3.05, 3.63) is 0 Å². The minimum absolute atomic E-state index is 0.0386. The predicted molar refractivity (Wildman–Crippen MR) is 71.2 cm³/mol. The second-order valence-corrected chi connectivity index (χ2v) is 4.84. The lowest BCUT2D eigenvalue weighted by Crippen LogP contribution is -2.47. The van der Waals surface area contributed by atoms with E-state index in [0.717, 1.165) is 32.4 Å². The van der Waals surface area contributed by atoms with E-state index in [4.69, 9.17) is 0 Å². The van der Waals surface area contributed by atoms with Crippen LogP contribution in [0.5, 0.6) is 0 Å². The summed E-state index contributed by atoms with van der Waals surface area (Å²) in [7, 11) is 0. The van der Waals surface area contributed by atoms with Gasteiger partial charge in [0.05, 0.1) is 12.6 Å². The number of likely N-dealkylation sites (tertiary alicyclic amines) is 1. The maximum absolute atomic E-state index is 11.9. The zero-order valence-electron chi connectivity index (χ0n) is 11.5. The highest BCUT2D eigenvalue weighted by Crippen LogP contribution is 2.08. The standard InChI is InChI=1S/C13H25N3O2/c1-3-7-14-13(18)11(2)15-10-12(17)16-8-5-4-6-9-16/h11,15H,3-10H2,1-2H3,(H,14,18). The summed E-state index contributed by atoms with van der Waals surface area (Å²) in [6.45, 7) is 6.45. The Bertz CT molecular complexity index is 275. The molecule has 0 aliphatic carbocycles. The van der Waals surface area contributed by atoms with E-state index in [1.807, 2.05) is 11.8 Å². The highest BCUT2D eigenvalue weighted by molar-refractivity contribution is 5.83. The summed E-state index contributed by atoms with van der Waals surface area (Å²) in [6.07, 6.45) is 4.33. The third kappa shape index (κ3) is 5.04. The molecule has 1 unspecified atom stereocenters. The Hall–Kier alpha value is -1.10. The van der Waals surface area contributed by atoms with Crippen LogP contribution in [0.3, 0.4) is 0 Å². The lowest BCUT2D eigenvalue weighted by atomic mass is 10.1. The predicted octanol–water partition coefficient (Wildman–Crippen LogP) is 0.503. The van der Waals surface area contributed by atoms with Crippen LogP contribution in [0.15, 0.2) is 0 Å². The summed E-state index contributed by atoms with van der Waals surface area (Å²) >= 11 is 0. The first-order valence-electron chi connectivity index (χ1n) is 6.94. The smallest absolute Gasteiger partial charge is 0.236 e. The van der Waals surface area contributed by atoms with Gasteiger partial charge in [-0.2, -0.15) is 0 Å². The van der Waals surface area contributed by atoms with E-state index < -0.39 is 0 Å². The molecule has 1 saturated heterocycles. The summed E-state index contributed by atoms with van der Waals surface area (Å²) in [4.78, 5) is 25.3. The quantitative estimate of drug-likeness (QED) is 0.726. The molecule has 2 N–H and O–H groups in total. The molecule has 1 atom stereocenters. The van der Waals surface area contributed by atoms with Crippen molar-refractivity contribution in [2.45, 2.75) is 45.6 Å². The molecule has 18 heavy (non-hydrogen) atoms. The van der Waals surface area contributed by atoms with Gasteiger partial charge in [-0.25, -0.2) is 0 Å². The van der Waals surface area contributed by atoms with Crippen LogP contribution in [0.4, 0.5) is 0 Å². The van der Waals surface area contributed by atoms with Gasteiger partial charge in [-0.15, -0.1) is 0 Å². The van der Waals surface area contributed by atoms with Gasteiger partial charge in [0.1, 0.15) is 0 Å². The van der Waals surface area contributed by atoms with Gasteiger partial charge in [-0.3, -0.25) is 14.9 Å². The molecule has 5 heteroatoms. The van der Waals surface area contributed by atoms with Crippen LogP contribution in [0.2, 0.25) is 0 Å². The van der Waals surface area contributed by atoms with Gasteiger partial charge in [-0.05, 0) is 32.6 Å². The van der Waals surface area contributed by atoms with Gasteiger partial charge in [-0.1, -0.05) is 6.92 Å². The molecule has 0 aromatic rings. The summed E-state index contributed by atoms with van der Waals surface area (Å²) in [5.74, 6) is 0.0631. The number of carbonyl (C=O) groups is 2. The molecule has 0 aromatic heterocycles. The van der Waals surface area contributed by atoms with Crippen molar-refractivity contribution in [2.75, 3.05) is 26.2 Å². The molecule has 0 saturated carbocycles. The van der Waals surface area contributed by atoms with E-state index in [0.29, 0.717) is 6.54 Å². The minimum Gasteiger partial charge on any atom is -0.355 e. The van der Waals surface area contributed by atoms with E-state index in [9.17, 15) is 9.59 Å². The largest absolute Gasteiger partial charge is 0.355 e. The van der Waals surface area contributed by atoms with Crippen molar-refractivity contribution in [3.63, 3.8) is 0 Å². The number of nitrogens with one attached hydrogen (secondary N) is 2. The van der Waals surface area contributed by atoms with Crippen LogP contribution in [0, 0.1) is 0 Å². The number of hydrogen-bond donors (Lipinski definition) is 2. The van der Waals surface area contributed by atoms with Crippen molar-refractivity contribution in [3.8, 4) is 0 Å². The lowest BCUT2D eigenvalue weighted by molar-refractivity contribution is -0.131. The van der Waals surface area contributed by atoms with E-state index in [1.165, 1.54) is 6.42 Å². The normalized spacial score (nSPS) is 17.3. The van der Waals surface area contributed by atoms with Gasteiger partial charge >= 0.3 is 0 Å². The number of rotatable bonds is 6. The van der Waals surface area contributed by atoms with Crippen molar-refractivity contribution >= 4 is 11.8 Å². The van der Waals surface area contributed by atoms with Gasteiger partial charge in [0.15, 0.2) is 0 Å². The summed E-state index contributed by atoms with van der Waals surface area (Å²) in [6, 6.07) is -0.315. The molecule has 0 radical (unpaired) electrons. The average molecular weight is 255 g/mol. The number of nitrogens with zero attached hydrogens (tertiary/aromatic N) is 1. The third-order valence-electron chi connectivity index (χ3n) is 3.21. The van der Waals surface area contributed by atoms with Crippen LogP contribution in [0.25, 0.3) is 0 Å². The molecule has 0 spiro atoms. The van der Waals surface area contributed by atoms with Crippen LogP contribution in [-0.4, -0.2) is 48.9 Å².